The highest BCUT2D eigenvalue weighted by molar-refractivity contribution is 5.43. The van der Waals surface area contributed by atoms with Crippen LogP contribution in [0.15, 0.2) is 24.3 Å². The topological polar surface area (TPSA) is 41.7 Å². The van der Waals surface area contributed by atoms with Gasteiger partial charge in [0.1, 0.15) is 12.4 Å². The SMILES string of the molecule is CCCN1CCN(CCOc2cccc(N)c2)CC1. The zero-order chi connectivity index (χ0) is 13.5. The molecule has 0 unspecified atom stereocenters. The van der Waals surface area contributed by atoms with Crippen molar-refractivity contribution in [1.82, 2.24) is 9.80 Å². The zero-order valence-electron chi connectivity index (χ0n) is 11.8. The highest BCUT2D eigenvalue weighted by atomic mass is 16.5. The Bertz CT molecular complexity index is 375. The van der Waals surface area contributed by atoms with E-state index in [9.17, 15) is 0 Å². The number of piperazine rings is 1. The van der Waals surface area contributed by atoms with Gasteiger partial charge in [0.15, 0.2) is 0 Å². The standard InChI is InChI=1S/C15H25N3O/c1-2-6-17-7-9-18(10-8-17)11-12-19-15-5-3-4-14(16)13-15/h3-5,13H,2,6-12,16H2,1H3. The average Bonchev–Trinajstić information content (AvgIpc) is 2.41. The first-order chi connectivity index (χ1) is 9.28. The van der Waals surface area contributed by atoms with Gasteiger partial charge < -0.3 is 15.4 Å². The molecule has 2 rings (SSSR count). The summed E-state index contributed by atoms with van der Waals surface area (Å²) in [7, 11) is 0. The Balaban J connectivity index is 1.64. The first kappa shape index (κ1) is 14.2. The van der Waals surface area contributed by atoms with Gasteiger partial charge in [0.25, 0.3) is 0 Å². The van der Waals surface area contributed by atoms with Gasteiger partial charge in [-0.15, -0.1) is 0 Å². The largest absolute Gasteiger partial charge is 0.492 e. The Morgan fingerprint density at radius 3 is 2.42 bits per heavy atom. The molecule has 1 heterocycles. The van der Waals surface area contributed by atoms with Crippen LogP contribution < -0.4 is 10.5 Å². The van der Waals surface area contributed by atoms with Gasteiger partial charge >= 0.3 is 0 Å². The minimum atomic E-state index is 0.733. The summed E-state index contributed by atoms with van der Waals surface area (Å²) in [6, 6.07) is 7.63. The number of nitrogens with zero attached hydrogens (tertiary/aromatic N) is 2. The molecule has 0 aliphatic carbocycles. The van der Waals surface area contributed by atoms with Crippen LogP contribution in [0.25, 0.3) is 0 Å². The van der Waals surface area contributed by atoms with E-state index in [4.69, 9.17) is 10.5 Å². The van der Waals surface area contributed by atoms with Crippen molar-refractivity contribution in [1.29, 1.82) is 0 Å². The summed E-state index contributed by atoms with van der Waals surface area (Å²) in [6.07, 6.45) is 1.25. The Morgan fingerprint density at radius 2 is 1.79 bits per heavy atom. The molecule has 4 heteroatoms. The molecule has 0 amide bonds. The molecular weight excluding hydrogens is 238 g/mol. The maximum absolute atomic E-state index is 5.73. The lowest BCUT2D eigenvalue weighted by Crippen LogP contribution is -2.47. The molecule has 0 aromatic heterocycles. The van der Waals surface area contributed by atoms with Gasteiger partial charge in [-0.1, -0.05) is 13.0 Å². The predicted molar refractivity (Wildman–Crippen MR) is 79.5 cm³/mol. The van der Waals surface area contributed by atoms with E-state index in [-0.39, 0.29) is 0 Å². The summed E-state index contributed by atoms with van der Waals surface area (Å²) in [5.41, 5.74) is 6.48. The molecule has 1 aliphatic rings. The summed E-state index contributed by atoms with van der Waals surface area (Å²) in [5.74, 6) is 0.865. The number of nitrogens with two attached hydrogens (primary N) is 1. The summed E-state index contributed by atoms with van der Waals surface area (Å²) in [6.45, 7) is 9.88. The van der Waals surface area contributed by atoms with E-state index in [0.29, 0.717) is 0 Å². The van der Waals surface area contributed by atoms with E-state index >= 15 is 0 Å². The third-order valence-electron chi connectivity index (χ3n) is 3.54. The highest BCUT2D eigenvalue weighted by Crippen LogP contribution is 2.14. The maximum Gasteiger partial charge on any atom is 0.121 e. The lowest BCUT2D eigenvalue weighted by atomic mass is 10.3. The predicted octanol–water partition coefficient (Wildman–Crippen LogP) is 1.68. The Hall–Kier alpha value is -1.26. The molecule has 19 heavy (non-hydrogen) atoms. The molecule has 0 atom stereocenters. The molecule has 0 bridgehead atoms. The van der Waals surface area contributed by atoms with Crippen molar-refractivity contribution in [3.63, 3.8) is 0 Å². The molecule has 1 fully saturated rings. The summed E-state index contributed by atoms with van der Waals surface area (Å²) in [5, 5.41) is 0. The Labute approximate surface area is 116 Å². The van der Waals surface area contributed by atoms with Crippen molar-refractivity contribution >= 4 is 5.69 Å². The Kier molecular flexibility index (Phi) is 5.48. The van der Waals surface area contributed by atoms with Crippen LogP contribution in [0.4, 0.5) is 5.69 Å². The fraction of sp³-hybridized carbons (Fsp3) is 0.600. The highest BCUT2D eigenvalue weighted by Gasteiger charge is 2.15. The molecule has 1 aliphatic heterocycles. The minimum absolute atomic E-state index is 0.733. The van der Waals surface area contributed by atoms with E-state index in [1.165, 1.54) is 26.1 Å². The second kappa shape index (κ2) is 7.36. The van der Waals surface area contributed by atoms with Crippen molar-refractivity contribution in [3.8, 4) is 5.75 Å². The van der Waals surface area contributed by atoms with Crippen LogP contribution in [0.5, 0.6) is 5.75 Å². The van der Waals surface area contributed by atoms with Gasteiger partial charge in [0.2, 0.25) is 0 Å². The van der Waals surface area contributed by atoms with Gasteiger partial charge in [-0.05, 0) is 25.1 Å². The van der Waals surface area contributed by atoms with Crippen LogP contribution in [0.2, 0.25) is 0 Å². The normalized spacial score (nSPS) is 17.5. The maximum atomic E-state index is 5.73. The smallest absolute Gasteiger partial charge is 0.121 e. The minimum Gasteiger partial charge on any atom is -0.492 e. The number of benzene rings is 1. The molecule has 106 valence electrons. The molecule has 4 nitrogen and oxygen atoms in total. The number of ether oxygens (including phenoxy) is 1. The third kappa shape index (κ3) is 4.73. The summed E-state index contributed by atoms with van der Waals surface area (Å²) in [4.78, 5) is 5.01. The van der Waals surface area contributed by atoms with Gasteiger partial charge in [-0.3, -0.25) is 4.90 Å². The van der Waals surface area contributed by atoms with E-state index in [1.54, 1.807) is 0 Å². The van der Waals surface area contributed by atoms with Crippen LogP contribution in [0.3, 0.4) is 0 Å². The zero-order valence-corrected chi connectivity index (χ0v) is 11.8. The van der Waals surface area contributed by atoms with Gasteiger partial charge in [0.05, 0.1) is 0 Å². The van der Waals surface area contributed by atoms with E-state index < -0.39 is 0 Å². The number of rotatable bonds is 6. The molecule has 0 spiro atoms. The number of anilines is 1. The van der Waals surface area contributed by atoms with Crippen molar-refractivity contribution in [2.75, 3.05) is 51.6 Å². The van der Waals surface area contributed by atoms with E-state index in [0.717, 1.165) is 37.7 Å². The summed E-state index contributed by atoms with van der Waals surface area (Å²) < 4.78 is 5.73. The van der Waals surface area contributed by atoms with Crippen LogP contribution in [-0.4, -0.2) is 55.7 Å². The van der Waals surface area contributed by atoms with Gasteiger partial charge in [-0.2, -0.15) is 0 Å². The monoisotopic (exact) mass is 263 g/mol. The first-order valence-electron chi connectivity index (χ1n) is 7.21. The van der Waals surface area contributed by atoms with Gasteiger partial charge in [0, 0.05) is 44.5 Å². The molecule has 1 saturated heterocycles. The second-order valence-electron chi connectivity index (χ2n) is 5.10. The first-order valence-corrected chi connectivity index (χ1v) is 7.21. The number of nitrogen functional groups attached to an aromatic ring is 1. The second-order valence-corrected chi connectivity index (χ2v) is 5.10. The van der Waals surface area contributed by atoms with Crippen LogP contribution >= 0.6 is 0 Å². The quantitative estimate of drug-likeness (QED) is 0.793. The van der Waals surface area contributed by atoms with Crippen LogP contribution in [-0.2, 0) is 0 Å². The summed E-state index contributed by atoms with van der Waals surface area (Å²) >= 11 is 0. The molecular formula is C15H25N3O. The van der Waals surface area contributed by atoms with E-state index in [2.05, 4.69) is 16.7 Å². The third-order valence-corrected chi connectivity index (χ3v) is 3.54. The fourth-order valence-electron chi connectivity index (χ4n) is 2.45. The molecule has 0 radical (unpaired) electrons. The van der Waals surface area contributed by atoms with Crippen molar-refractivity contribution in [2.45, 2.75) is 13.3 Å². The Morgan fingerprint density at radius 1 is 1.11 bits per heavy atom. The van der Waals surface area contributed by atoms with Crippen molar-refractivity contribution in [2.24, 2.45) is 0 Å². The molecule has 2 N–H and O–H groups in total. The van der Waals surface area contributed by atoms with Crippen LogP contribution in [0, 0.1) is 0 Å². The van der Waals surface area contributed by atoms with Crippen LogP contribution in [0.1, 0.15) is 13.3 Å². The fourth-order valence-corrected chi connectivity index (χ4v) is 2.45. The van der Waals surface area contributed by atoms with Gasteiger partial charge in [-0.25, -0.2) is 0 Å². The lowest BCUT2D eigenvalue weighted by Gasteiger charge is -2.34. The molecule has 1 aromatic rings. The lowest BCUT2D eigenvalue weighted by molar-refractivity contribution is 0.117. The van der Waals surface area contributed by atoms with Crippen molar-refractivity contribution in [3.05, 3.63) is 24.3 Å². The van der Waals surface area contributed by atoms with Crippen molar-refractivity contribution < 1.29 is 4.74 Å². The van der Waals surface area contributed by atoms with E-state index in [1.807, 2.05) is 24.3 Å². The number of hydrogen-bond donors (Lipinski definition) is 1. The molecule has 1 aromatic carbocycles. The average molecular weight is 263 g/mol. The number of hydrogen-bond acceptors (Lipinski definition) is 4. The molecule has 0 saturated carbocycles.